The van der Waals surface area contributed by atoms with Crippen molar-refractivity contribution >= 4 is 39.0 Å². The zero-order valence-electron chi connectivity index (χ0n) is 18.4. The zero-order chi connectivity index (χ0) is 21.8. The Labute approximate surface area is 202 Å². The van der Waals surface area contributed by atoms with E-state index in [1.807, 2.05) is 24.3 Å². The quantitative estimate of drug-likeness (QED) is 0.581. The van der Waals surface area contributed by atoms with E-state index in [1.165, 1.54) is 33.8 Å². The van der Waals surface area contributed by atoms with Crippen LogP contribution >= 0.6 is 11.3 Å². The molecule has 1 saturated heterocycles. The first-order valence-electron chi connectivity index (χ1n) is 11.2. The fourth-order valence-electron chi connectivity index (χ4n) is 5.75. The number of hydrogen-bond acceptors (Lipinski definition) is 5. The number of aryl methyl sites for hydroxylation is 1. The minimum absolute atomic E-state index is 0. The van der Waals surface area contributed by atoms with Gasteiger partial charge in [0.05, 0.1) is 12.5 Å². The lowest BCUT2D eigenvalue weighted by molar-refractivity contribution is -0.471. The van der Waals surface area contributed by atoms with Crippen molar-refractivity contribution in [2.45, 2.75) is 18.8 Å². The summed E-state index contributed by atoms with van der Waals surface area (Å²) < 4.78 is 6.73. The van der Waals surface area contributed by atoms with Gasteiger partial charge >= 0.3 is 6.03 Å². The molecule has 3 aromatic rings. The minimum atomic E-state index is -0.199. The highest BCUT2D eigenvalue weighted by Gasteiger charge is 2.41. The van der Waals surface area contributed by atoms with E-state index in [0.717, 1.165) is 41.0 Å². The predicted molar refractivity (Wildman–Crippen MR) is 124 cm³/mol. The monoisotopic (exact) mass is 483 g/mol. The molecular weight excluding hydrogens is 458 g/mol. The van der Waals surface area contributed by atoms with Crippen LogP contribution in [0.1, 0.15) is 33.1 Å². The highest BCUT2D eigenvalue weighted by atomic mass is 35.5. The molecule has 8 heteroatoms. The average Bonchev–Trinajstić information content (AvgIpc) is 3.40. The van der Waals surface area contributed by atoms with Gasteiger partial charge in [-0.15, -0.1) is 11.3 Å². The molecule has 0 unspecified atom stereocenters. The Hall–Kier alpha value is -2.45. The molecule has 0 bridgehead atoms. The lowest BCUT2D eigenvalue weighted by atomic mass is 9.76. The van der Waals surface area contributed by atoms with Crippen LogP contribution in [0.15, 0.2) is 42.5 Å². The molecule has 0 saturated carbocycles. The van der Waals surface area contributed by atoms with Gasteiger partial charge in [-0.3, -0.25) is 4.79 Å². The number of amides is 3. The highest BCUT2D eigenvalue weighted by Crippen LogP contribution is 2.45. The molecule has 3 heterocycles. The highest BCUT2D eigenvalue weighted by molar-refractivity contribution is 7.21. The first kappa shape index (κ1) is 22.3. The second-order valence-corrected chi connectivity index (χ2v) is 10.0. The van der Waals surface area contributed by atoms with Gasteiger partial charge in [-0.25, -0.2) is 15.0 Å². The second-order valence-electron chi connectivity index (χ2n) is 8.98. The Balaban J connectivity index is 0.00000228. The smallest absolute Gasteiger partial charge is 0.428 e. The molecule has 172 valence electrons. The Kier molecular flexibility index (Phi) is 5.91. The Morgan fingerprint density at radius 3 is 2.79 bits per heavy atom. The third kappa shape index (κ3) is 3.64. The lowest BCUT2D eigenvalue weighted by Gasteiger charge is -2.28. The third-order valence-electron chi connectivity index (χ3n) is 7.30. The van der Waals surface area contributed by atoms with Crippen LogP contribution in [-0.4, -0.2) is 55.0 Å². The number of quaternary nitrogens is 1. The summed E-state index contributed by atoms with van der Waals surface area (Å²) in [4.78, 5) is 30.5. The van der Waals surface area contributed by atoms with E-state index in [2.05, 4.69) is 23.1 Å². The second kappa shape index (κ2) is 8.72. The number of methoxy groups -OCH3 is 1. The molecule has 6 rings (SSSR count). The standard InChI is InChI=1S/C25H25N3O3S.ClH/c1-31-19-7-4-5-15-9-10-16-13-27(14-18(16)21(15)19)11-12-28-24(29)23-22(26-25(28)30)17-6-2-3-8-20(17)32-23;/h2-8,16,18H,9-14H2,1H3,(H,26,30);1H/t16-,18+;/m0./s1. The SMILES string of the molecule is COc1cccc2c1[C@@H]1CN(CCN3C(=O)[NH2+]c4c(sc5ccccc45)C3=O)C[C@@H]1CC2.[Cl-]. The van der Waals surface area contributed by atoms with E-state index in [1.54, 1.807) is 12.4 Å². The van der Waals surface area contributed by atoms with Gasteiger partial charge in [0, 0.05) is 42.4 Å². The summed E-state index contributed by atoms with van der Waals surface area (Å²) in [6.07, 6.45) is 2.27. The number of thiophene rings is 1. The molecule has 0 spiro atoms. The summed E-state index contributed by atoms with van der Waals surface area (Å²) in [6, 6.07) is 14.1. The molecule has 3 aliphatic rings. The van der Waals surface area contributed by atoms with E-state index in [4.69, 9.17) is 4.74 Å². The number of nitrogens with zero attached hydrogens (tertiary/aromatic N) is 2. The van der Waals surface area contributed by atoms with Crippen LogP contribution in [0.25, 0.3) is 10.1 Å². The van der Waals surface area contributed by atoms with E-state index in [-0.39, 0.29) is 24.3 Å². The van der Waals surface area contributed by atoms with Gasteiger partial charge in [-0.2, -0.15) is 0 Å². The fraction of sp³-hybridized carbons (Fsp3) is 0.360. The molecule has 1 aliphatic carbocycles. The van der Waals surface area contributed by atoms with E-state index < -0.39 is 0 Å². The van der Waals surface area contributed by atoms with E-state index in [0.29, 0.717) is 29.8 Å². The zero-order valence-corrected chi connectivity index (χ0v) is 20.0. The van der Waals surface area contributed by atoms with Crippen LogP contribution in [0.5, 0.6) is 5.75 Å². The van der Waals surface area contributed by atoms with Crippen molar-refractivity contribution < 1.29 is 32.0 Å². The van der Waals surface area contributed by atoms with Crippen LogP contribution < -0.4 is 22.5 Å². The number of halogens is 1. The maximum atomic E-state index is 13.2. The van der Waals surface area contributed by atoms with Gasteiger partial charge in [0.15, 0.2) is 10.6 Å². The summed E-state index contributed by atoms with van der Waals surface area (Å²) in [7, 11) is 1.75. The molecule has 2 N–H and O–H groups in total. The molecule has 1 aromatic heterocycles. The summed E-state index contributed by atoms with van der Waals surface area (Å²) in [5.41, 5.74) is 3.55. The van der Waals surface area contributed by atoms with Crippen LogP contribution in [0, 0.1) is 5.92 Å². The van der Waals surface area contributed by atoms with Crippen molar-refractivity contribution in [2.75, 3.05) is 33.3 Å². The molecule has 0 radical (unpaired) electrons. The van der Waals surface area contributed by atoms with Crippen molar-refractivity contribution in [3.8, 4) is 5.75 Å². The number of carbonyl (C=O) groups excluding carboxylic acids is 2. The normalized spacial score (nSPS) is 22.0. The predicted octanol–water partition coefficient (Wildman–Crippen LogP) is 0.346. The Bertz CT molecular complexity index is 1230. The number of carbonyl (C=O) groups is 2. The van der Waals surface area contributed by atoms with Gasteiger partial charge in [0.1, 0.15) is 5.75 Å². The van der Waals surface area contributed by atoms with Crippen molar-refractivity contribution in [1.29, 1.82) is 0 Å². The van der Waals surface area contributed by atoms with Crippen LogP contribution in [-0.2, 0) is 6.42 Å². The number of primary amides is 1. The van der Waals surface area contributed by atoms with Gasteiger partial charge in [0.2, 0.25) is 0 Å². The molecular formula is C25H26ClN3O3S. The summed E-state index contributed by atoms with van der Waals surface area (Å²) in [6.45, 7) is 3.10. The molecule has 1 fully saturated rings. The molecule has 2 atom stereocenters. The minimum Gasteiger partial charge on any atom is -1.00 e. The lowest BCUT2D eigenvalue weighted by Crippen LogP contribution is -3.00. The van der Waals surface area contributed by atoms with Crippen molar-refractivity contribution in [3.63, 3.8) is 0 Å². The first-order chi connectivity index (χ1) is 15.6. The van der Waals surface area contributed by atoms with E-state index >= 15 is 0 Å². The Morgan fingerprint density at radius 2 is 1.94 bits per heavy atom. The summed E-state index contributed by atoms with van der Waals surface area (Å²) >= 11 is 1.48. The van der Waals surface area contributed by atoms with Crippen molar-refractivity contribution in [1.82, 2.24) is 9.80 Å². The van der Waals surface area contributed by atoms with Crippen molar-refractivity contribution in [2.24, 2.45) is 5.92 Å². The van der Waals surface area contributed by atoms with Crippen molar-refractivity contribution in [3.05, 3.63) is 58.5 Å². The largest absolute Gasteiger partial charge is 1.00 e. The van der Waals surface area contributed by atoms with Crippen LogP contribution in [0.3, 0.4) is 0 Å². The van der Waals surface area contributed by atoms with Gasteiger partial charge in [-0.1, -0.05) is 24.3 Å². The topological polar surface area (TPSA) is 66.5 Å². The number of likely N-dealkylation sites (tertiary alicyclic amines) is 1. The number of nitrogens with two attached hydrogens (primary N) is 1. The molecule has 6 nitrogen and oxygen atoms in total. The number of urea groups is 1. The maximum Gasteiger partial charge on any atom is 0.428 e. The Morgan fingerprint density at radius 1 is 1.09 bits per heavy atom. The number of imide groups is 1. The average molecular weight is 484 g/mol. The fourth-order valence-corrected chi connectivity index (χ4v) is 6.89. The van der Waals surface area contributed by atoms with Gasteiger partial charge in [-0.05, 0) is 42.5 Å². The molecule has 2 aromatic carbocycles. The number of fused-ring (bicyclic) bond motifs is 6. The van der Waals surface area contributed by atoms with E-state index in [9.17, 15) is 9.59 Å². The summed E-state index contributed by atoms with van der Waals surface area (Å²) in [5.74, 6) is 1.90. The number of rotatable bonds is 4. The van der Waals surface area contributed by atoms with Gasteiger partial charge in [0.25, 0.3) is 5.91 Å². The van der Waals surface area contributed by atoms with Crippen LogP contribution in [0.4, 0.5) is 10.5 Å². The van der Waals surface area contributed by atoms with Crippen LogP contribution in [0.2, 0.25) is 0 Å². The third-order valence-corrected chi connectivity index (χ3v) is 8.47. The molecule has 3 amide bonds. The molecule has 33 heavy (non-hydrogen) atoms. The maximum absolute atomic E-state index is 13.2. The number of ether oxygens (including phenoxy) is 1. The van der Waals surface area contributed by atoms with Gasteiger partial charge < -0.3 is 22.0 Å². The number of hydrogen-bond donors (Lipinski definition) is 1. The molecule has 2 aliphatic heterocycles. The summed E-state index contributed by atoms with van der Waals surface area (Å²) in [5, 5.41) is 2.63. The first-order valence-corrected chi connectivity index (χ1v) is 12.1. The number of benzene rings is 2.